The maximum absolute atomic E-state index is 5.76. The van der Waals surface area contributed by atoms with Crippen molar-refractivity contribution in [2.24, 2.45) is 0 Å². The van der Waals surface area contributed by atoms with E-state index in [0.717, 1.165) is 32.6 Å². The first kappa shape index (κ1) is 16.2. The van der Waals surface area contributed by atoms with Crippen molar-refractivity contribution in [2.75, 3.05) is 20.2 Å². The summed E-state index contributed by atoms with van der Waals surface area (Å²) in [5, 5.41) is 3.45. The van der Waals surface area contributed by atoms with Gasteiger partial charge in [-0.25, -0.2) is 0 Å². The van der Waals surface area contributed by atoms with E-state index >= 15 is 0 Å². The Morgan fingerprint density at radius 3 is 2.04 bits per heavy atom. The van der Waals surface area contributed by atoms with E-state index in [4.69, 9.17) is 4.74 Å². The number of benzene rings is 2. The third kappa shape index (κ3) is 4.41. The Kier molecular flexibility index (Phi) is 5.81. The topological polar surface area (TPSA) is 24.5 Å². The third-order valence-corrected chi connectivity index (χ3v) is 4.62. The number of hydrogen-bond donors (Lipinski definition) is 1. The van der Waals surface area contributed by atoms with E-state index in [0.29, 0.717) is 6.04 Å². The van der Waals surface area contributed by atoms with Gasteiger partial charge in [-0.1, -0.05) is 60.7 Å². The number of piperidine rings is 1. The van der Waals surface area contributed by atoms with Crippen LogP contribution in [0.2, 0.25) is 0 Å². The first-order valence-corrected chi connectivity index (χ1v) is 8.42. The zero-order chi connectivity index (χ0) is 15.9. The summed E-state index contributed by atoms with van der Waals surface area (Å²) in [7, 11) is 1.83. The number of rotatable bonds is 6. The van der Waals surface area contributed by atoms with Gasteiger partial charge in [0, 0.05) is 32.8 Å². The van der Waals surface area contributed by atoms with E-state index in [2.05, 4.69) is 70.9 Å². The molecule has 3 nitrogen and oxygen atoms in total. The summed E-state index contributed by atoms with van der Waals surface area (Å²) < 4.78 is 5.76. The predicted molar refractivity (Wildman–Crippen MR) is 94.2 cm³/mol. The van der Waals surface area contributed by atoms with E-state index in [1.54, 1.807) is 0 Å². The minimum Gasteiger partial charge on any atom is -0.378 e. The maximum atomic E-state index is 5.76. The fourth-order valence-corrected chi connectivity index (χ4v) is 3.40. The lowest BCUT2D eigenvalue weighted by Crippen LogP contribution is -2.53. The van der Waals surface area contributed by atoms with Gasteiger partial charge in [0.05, 0.1) is 6.10 Å². The van der Waals surface area contributed by atoms with Crippen molar-refractivity contribution >= 4 is 0 Å². The lowest BCUT2D eigenvalue weighted by atomic mass is 9.99. The molecular weight excluding hydrogens is 284 g/mol. The fraction of sp³-hybridized carbons (Fsp3) is 0.400. The summed E-state index contributed by atoms with van der Waals surface area (Å²) in [5.41, 5.74) is 2.72. The smallest absolute Gasteiger partial charge is 0.0851 e. The second kappa shape index (κ2) is 8.25. The highest BCUT2D eigenvalue weighted by molar-refractivity contribution is 5.17. The minimum absolute atomic E-state index is 0.246. The van der Waals surface area contributed by atoms with Gasteiger partial charge in [-0.2, -0.15) is 0 Å². The van der Waals surface area contributed by atoms with E-state index < -0.39 is 0 Å². The van der Waals surface area contributed by atoms with Crippen molar-refractivity contribution < 1.29 is 4.74 Å². The molecule has 1 fully saturated rings. The highest BCUT2D eigenvalue weighted by atomic mass is 16.5. The molecule has 0 spiro atoms. The minimum atomic E-state index is 0.246. The van der Waals surface area contributed by atoms with Crippen molar-refractivity contribution in [1.82, 2.24) is 10.2 Å². The highest BCUT2D eigenvalue weighted by Gasteiger charge is 2.30. The number of nitrogens with one attached hydrogen (secondary N) is 1. The Bertz CT molecular complexity index is 531. The van der Waals surface area contributed by atoms with Gasteiger partial charge >= 0.3 is 0 Å². The Labute approximate surface area is 139 Å². The van der Waals surface area contributed by atoms with E-state index in [-0.39, 0.29) is 6.10 Å². The number of methoxy groups -OCH3 is 1. The van der Waals surface area contributed by atoms with Crippen molar-refractivity contribution in [3.8, 4) is 0 Å². The summed E-state index contributed by atoms with van der Waals surface area (Å²) >= 11 is 0. The van der Waals surface area contributed by atoms with Crippen molar-refractivity contribution in [3.63, 3.8) is 0 Å². The van der Waals surface area contributed by atoms with Gasteiger partial charge in [-0.05, 0) is 24.1 Å². The molecular formula is C20H26N2O. The van der Waals surface area contributed by atoms with Crippen LogP contribution in [0.25, 0.3) is 0 Å². The molecule has 0 bridgehead atoms. The van der Waals surface area contributed by atoms with Gasteiger partial charge in [-0.3, -0.25) is 4.90 Å². The van der Waals surface area contributed by atoms with E-state index in [9.17, 15) is 0 Å². The lowest BCUT2D eigenvalue weighted by molar-refractivity contribution is -0.00919. The molecule has 1 N–H and O–H groups in total. The molecule has 1 saturated heterocycles. The monoisotopic (exact) mass is 310 g/mol. The standard InChI is InChI=1S/C20H26N2O/c1-23-20-14-21-13-12-19(20)22(15-17-8-4-2-5-9-17)16-18-10-6-3-7-11-18/h2-11,19-21H,12-16H2,1H3/t19-,20+/m0/s1. The molecule has 0 aromatic heterocycles. The SMILES string of the molecule is CO[C@@H]1CNCC[C@@H]1N(Cc1ccccc1)Cc1ccccc1. The molecule has 0 radical (unpaired) electrons. The fourth-order valence-electron chi connectivity index (χ4n) is 3.40. The van der Waals surface area contributed by atoms with Gasteiger partial charge in [0.1, 0.15) is 0 Å². The molecule has 0 saturated carbocycles. The molecule has 2 aromatic carbocycles. The van der Waals surface area contributed by atoms with Gasteiger partial charge < -0.3 is 10.1 Å². The molecule has 3 rings (SSSR count). The Hall–Kier alpha value is -1.68. The summed E-state index contributed by atoms with van der Waals surface area (Å²) in [6.45, 7) is 3.91. The molecule has 2 aromatic rings. The van der Waals surface area contributed by atoms with Crippen LogP contribution in [0.5, 0.6) is 0 Å². The molecule has 1 aliphatic heterocycles. The normalized spacial score (nSPS) is 21.5. The zero-order valence-electron chi connectivity index (χ0n) is 13.8. The molecule has 122 valence electrons. The summed E-state index contributed by atoms with van der Waals surface area (Å²) in [6, 6.07) is 21.9. The first-order chi connectivity index (χ1) is 11.4. The second-order valence-electron chi connectivity index (χ2n) is 6.21. The lowest BCUT2D eigenvalue weighted by Gasteiger charge is -2.39. The van der Waals surface area contributed by atoms with Crippen LogP contribution in [0, 0.1) is 0 Å². The first-order valence-electron chi connectivity index (χ1n) is 8.42. The zero-order valence-corrected chi connectivity index (χ0v) is 13.8. The molecule has 1 heterocycles. The van der Waals surface area contributed by atoms with Gasteiger partial charge in [-0.15, -0.1) is 0 Å². The number of ether oxygens (including phenoxy) is 1. The molecule has 0 unspecified atom stereocenters. The average molecular weight is 310 g/mol. The van der Waals surface area contributed by atoms with Crippen LogP contribution in [0.3, 0.4) is 0 Å². The predicted octanol–water partition coefficient (Wildman–Crippen LogP) is 3.07. The molecule has 3 heteroatoms. The van der Waals surface area contributed by atoms with E-state index in [1.165, 1.54) is 11.1 Å². The van der Waals surface area contributed by atoms with Crippen LogP contribution in [0.1, 0.15) is 17.5 Å². The largest absolute Gasteiger partial charge is 0.378 e. The van der Waals surface area contributed by atoms with Gasteiger partial charge in [0.15, 0.2) is 0 Å². The number of hydrogen-bond acceptors (Lipinski definition) is 3. The van der Waals surface area contributed by atoms with Crippen LogP contribution in [0.15, 0.2) is 60.7 Å². The molecule has 0 aliphatic carbocycles. The molecule has 2 atom stereocenters. The Morgan fingerprint density at radius 2 is 1.52 bits per heavy atom. The average Bonchev–Trinajstić information content (AvgIpc) is 2.63. The van der Waals surface area contributed by atoms with Crippen LogP contribution < -0.4 is 5.32 Å². The Balaban J connectivity index is 1.80. The second-order valence-corrected chi connectivity index (χ2v) is 6.21. The summed E-state index contributed by atoms with van der Waals surface area (Å²) in [5.74, 6) is 0. The van der Waals surface area contributed by atoms with Gasteiger partial charge in [0.25, 0.3) is 0 Å². The van der Waals surface area contributed by atoms with Crippen molar-refractivity contribution in [3.05, 3.63) is 71.8 Å². The molecule has 0 amide bonds. The molecule has 23 heavy (non-hydrogen) atoms. The van der Waals surface area contributed by atoms with Crippen LogP contribution >= 0.6 is 0 Å². The highest BCUT2D eigenvalue weighted by Crippen LogP contribution is 2.20. The Morgan fingerprint density at radius 1 is 0.957 bits per heavy atom. The van der Waals surface area contributed by atoms with Crippen LogP contribution in [0.4, 0.5) is 0 Å². The quantitative estimate of drug-likeness (QED) is 0.887. The van der Waals surface area contributed by atoms with Crippen molar-refractivity contribution in [1.29, 1.82) is 0 Å². The summed E-state index contributed by atoms with van der Waals surface area (Å²) in [4.78, 5) is 2.57. The summed E-state index contributed by atoms with van der Waals surface area (Å²) in [6.07, 6.45) is 1.37. The third-order valence-electron chi connectivity index (χ3n) is 4.62. The molecule has 1 aliphatic rings. The van der Waals surface area contributed by atoms with Gasteiger partial charge in [0.2, 0.25) is 0 Å². The van der Waals surface area contributed by atoms with E-state index in [1.807, 2.05) is 7.11 Å². The maximum Gasteiger partial charge on any atom is 0.0851 e. The van der Waals surface area contributed by atoms with Crippen LogP contribution in [-0.2, 0) is 17.8 Å². The number of nitrogens with zero attached hydrogens (tertiary/aromatic N) is 1. The van der Waals surface area contributed by atoms with Crippen molar-refractivity contribution in [2.45, 2.75) is 31.7 Å². The van der Waals surface area contributed by atoms with Crippen LogP contribution in [-0.4, -0.2) is 37.2 Å².